The largest absolute Gasteiger partial charge is 0.480 e. The maximum absolute atomic E-state index is 12.9. The average molecular weight is 376 g/mol. The molecule has 3 amide bonds. The molecule has 0 aromatic heterocycles. The fraction of sp³-hybridized carbons (Fsp3) is 0.444. The van der Waals surface area contributed by atoms with Gasteiger partial charge in [-0.15, -0.1) is 0 Å². The first-order valence-electron chi connectivity index (χ1n) is 8.75. The minimum Gasteiger partial charge on any atom is -0.480 e. The van der Waals surface area contributed by atoms with Crippen molar-refractivity contribution in [3.05, 3.63) is 35.9 Å². The summed E-state index contributed by atoms with van der Waals surface area (Å²) >= 11 is 0. The molecule has 0 radical (unpaired) electrons. The van der Waals surface area contributed by atoms with E-state index in [1.54, 1.807) is 0 Å². The van der Waals surface area contributed by atoms with Gasteiger partial charge in [0.1, 0.15) is 12.1 Å². The molecule has 1 saturated heterocycles. The number of nitrogens with one attached hydrogen (secondary N) is 2. The van der Waals surface area contributed by atoms with Gasteiger partial charge in [-0.1, -0.05) is 30.3 Å². The van der Waals surface area contributed by atoms with Crippen molar-refractivity contribution < 1.29 is 24.3 Å². The molecule has 0 saturated carbocycles. The standard InChI is InChI=1S/C18H24N4O5/c19-10-15(23)20-11-16(24)21-13(9-12-5-2-1-3-6-12)17(25)22-8-4-7-14(22)18(26)27/h1-3,5-6,13-14H,4,7-11,19H2,(H,20,23)(H,21,24)(H,26,27). The molecule has 2 atom stereocenters. The number of carbonyl (C=O) groups is 4. The summed E-state index contributed by atoms with van der Waals surface area (Å²) in [7, 11) is 0. The number of likely N-dealkylation sites (tertiary alicyclic amines) is 1. The summed E-state index contributed by atoms with van der Waals surface area (Å²) in [6.45, 7) is -0.217. The third-order valence-corrected chi connectivity index (χ3v) is 4.37. The Morgan fingerprint density at radius 1 is 1.19 bits per heavy atom. The molecule has 1 aliphatic rings. The van der Waals surface area contributed by atoms with E-state index < -0.39 is 35.8 Å². The van der Waals surface area contributed by atoms with E-state index in [0.29, 0.717) is 19.4 Å². The zero-order valence-electron chi connectivity index (χ0n) is 14.9. The number of carboxylic acids is 1. The Balaban J connectivity index is 2.11. The lowest BCUT2D eigenvalue weighted by Crippen LogP contribution is -2.54. The highest BCUT2D eigenvalue weighted by Gasteiger charge is 2.37. The minimum atomic E-state index is -1.05. The maximum atomic E-state index is 12.9. The first kappa shape index (κ1) is 20.4. The van der Waals surface area contributed by atoms with E-state index in [2.05, 4.69) is 10.6 Å². The Morgan fingerprint density at radius 3 is 2.52 bits per heavy atom. The monoisotopic (exact) mass is 376 g/mol. The lowest BCUT2D eigenvalue weighted by molar-refractivity contribution is -0.149. The second-order valence-electron chi connectivity index (χ2n) is 6.32. The van der Waals surface area contributed by atoms with E-state index in [1.807, 2.05) is 30.3 Å². The lowest BCUT2D eigenvalue weighted by Gasteiger charge is -2.27. The molecular formula is C18H24N4O5. The number of hydrogen-bond acceptors (Lipinski definition) is 5. The fourth-order valence-corrected chi connectivity index (χ4v) is 3.03. The van der Waals surface area contributed by atoms with Crippen molar-refractivity contribution in [2.75, 3.05) is 19.6 Å². The Hall–Kier alpha value is -2.94. The van der Waals surface area contributed by atoms with Crippen LogP contribution in [0.1, 0.15) is 18.4 Å². The summed E-state index contributed by atoms with van der Waals surface area (Å²) in [5.41, 5.74) is 6.00. The van der Waals surface area contributed by atoms with E-state index in [1.165, 1.54) is 4.90 Å². The van der Waals surface area contributed by atoms with Crippen molar-refractivity contribution in [2.45, 2.75) is 31.3 Å². The number of rotatable bonds is 8. The smallest absolute Gasteiger partial charge is 0.326 e. The minimum absolute atomic E-state index is 0.221. The first-order chi connectivity index (χ1) is 12.9. The van der Waals surface area contributed by atoms with Gasteiger partial charge in [0.2, 0.25) is 17.7 Å². The van der Waals surface area contributed by atoms with Crippen molar-refractivity contribution >= 4 is 23.7 Å². The SMILES string of the molecule is NCC(=O)NCC(=O)NC(Cc1ccccc1)C(=O)N1CCCC1C(=O)O. The Labute approximate surface area is 156 Å². The van der Waals surface area contributed by atoms with Crippen molar-refractivity contribution in [3.8, 4) is 0 Å². The van der Waals surface area contributed by atoms with Crippen LogP contribution in [0.15, 0.2) is 30.3 Å². The summed E-state index contributed by atoms with van der Waals surface area (Å²) in [5.74, 6) is -2.53. The molecule has 0 spiro atoms. The van der Waals surface area contributed by atoms with E-state index in [0.717, 1.165) is 5.56 Å². The highest BCUT2D eigenvalue weighted by atomic mass is 16.4. The molecule has 0 bridgehead atoms. The Bertz CT molecular complexity index is 694. The van der Waals surface area contributed by atoms with Crippen LogP contribution in [-0.2, 0) is 25.6 Å². The number of nitrogens with two attached hydrogens (primary N) is 1. The number of aliphatic carboxylic acids is 1. The van der Waals surface area contributed by atoms with Crippen LogP contribution < -0.4 is 16.4 Å². The van der Waals surface area contributed by atoms with E-state index >= 15 is 0 Å². The quantitative estimate of drug-likeness (QED) is 0.452. The predicted molar refractivity (Wildman–Crippen MR) is 96.5 cm³/mol. The van der Waals surface area contributed by atoms with Gasteiger partial charge in [-0.2, -0.15) is 0 Å². The van der Waals surface area contributed by atoms with Crippen LogP contribution in [0.5, 0.6) is 0 Å². The van der Waals surface area contributed by atoms with E-state index in [4.69, 9.17) is 5.73 Å². The summed E-state index contributed by atoms with van der Waals surface area (Å²) in [4.78, 5) is 49.0. The van der Waals surface area contributed by atoms with Crippen molar-refractivity contribution in [2.24, 2.45) is 5.73 Å². The van der Waals surface area contributed by atoms with Gasteiger partial charge in [-0.3, -0.25) is 14.4 Å². The highest BCUT2D eigenvalue weighted by Crippen LogP contribution is 2.19. The molecule has 1 aromatic carbocycles. The van der Waals surface area contributed by atoms with Crippen molar-refractivity contribution in [1.82, 2.24) is 15.5 Å². The molecule has 1 fully saturated rings. The third-order valence-electron chi connectivity index (χ3n) is 4.37. The Kier molecular flexibility index (Phi) is 7.30. The molecule has 1 aliphatic heterocycles. The zero-order chi connectivity index (χ0) is 19.8. The van der Waals surface area contributed by atoms with Gasteiger partial charge >= 0.3 is 5.97 Å². The molecule has 2 unspecified atom stereocenters. The normalized spacial score (nSPS) is 17.2. The van der Waals surface area contributed by atoms with Crippen LogP contribution in [0.2, 0.25) is 0 Å². The summed E-state index contributed by atoms with van der Waals surface area (Å²) in [5, 5.41) is 14.3. The van der Waals surface area contributed by atoms with Crippen LogP contribution in [0.4, 0.5) is 0 Å². The highest BCUT2D eigenvalue weighted by molar-refractivity contribution is 5.92. The molecule has 1 aromatic rings. The fourth-order valence-electron chi connectivity index (χ4n) is 3.03. The van der Waals surface area contributed by atoms with Gasteiger partial charge in [0, 0.05) is 13.0 Å². The van der Waals surface area contributed by atoms with Crippen LogP contribution in [0, 0.1) is 0 Å². The van der Waals surface area contributed by atoms with Gasteiger partial charge in [0.05, 0.1) is 13.1 Å². The van der Waals surface area contributed by atoms with E-state index in [9.17, 15) is 24.3 Å². The number of benzene rings is 1. The van der Waals surface area contributed by atoms with Gasteiger partial charge in [-0.25, -0.2) is 4.79 Å². The maximum Gasteiger partial charge on any atom is 0.326 e. The molecule has 5 N–H and O–H groups in total. The molecule has 9 nitrogen and oxygen atoms in total. The first-order valence-corrected chi connectivity index (χ1v) is 8.75. The van der Waals surface area contributed by atoms with Crippen molar-refractivity contribution in [3.63, 3.8) is 0 Å². The zero-order valence-corrected chi connectivity index (χ0v) is 14.9. The molecule has 27 heavy (non-hydrogen) atoms. The van der Waals surface area contributed by atoms with Gasteiger partial charge in [0.15, 0.2) is 0 Å². The van der Waals surface area contributed by atoms with Crippen LogP contribution in [-0.4, -0.2) is 65.4 Å². The van der Waals surface area contributed by atoms with Crippen LogP contribution in [0.25, 0.3) is 0 Å². The second-order valence-corrected chi connectivity index (χ2v) is 6.32. The summed E-state index contributed by atoms with van der Waals surface area (Å²) in [6, 6.07) is 7.30. The molecule has 0 aliphatic carbocycles. The summed E-state index contributed by atoms with van der Waals surface area (Å²) < 4.78 is 0. The number of nitrogens with zero attached hydrogens (tertiary/aromatic N) is 1. The molecule has 1 heterocycles. The molecule has 2 rings (SSSR count). The number of hydrogen-bond donors (Lipinski definition) is 4. The van der Waals surface area contributed by atoms with Crippen LogP contribution in [0.3, 0.4) is 0 Å². The number of carboxylic acid groups (broad SMARTS) is 1. The van der Waals surface area contributed by atoms with Crippen LogP contribution >= 0.6 is 0 Å². The Morgan fingerprint density at radius 2 is 1.89 bits per heavy atom. The average Bonchev–Trinajstić information content (AvgIpc) is 3.16. The van der Waals surface area contributed by atoms with Crippen molar-refractivity contribution in [1.29, 1.82) is 0 Å². The molecular weight excluding hydrogens is 352 g/mol. The van der Waals surface area contributed by atoms with Gasteiger partial charge in [0.25, 0.3) is 0 Å². The predicted octanol–water partition coefficient (Wildman–Crippen LogP) is -1.14. The van der Waals surface area contributed by atoms with Gasteiger partial charge in [-0.05, 0) is 18.4 Å². The number of amides is 3. The molecule has 146 valence electrons. The number of carbonyl (C=O) groups excluding carboxylic acids is 3. The van der Waals surface area contributed by atoms with Gasteiger partial charge < -0.3 is 26.4 Å². The molecule has 9 heteroatoms. The second kappa shape index (κ2) is 9.67. The van der Waals surface area contributed by atoms with E-state index in [-0.39, 0.29) is 19.5 Å². The summed E-state index contributed by atoms with van der Waals surface area (Å²) in [6.07, 6.45) is 1.21. The lowest BCUT2D eigenvalue weighted by atomic mass is 10.0. The third kappa shape index (κ3) is 5.78. The topological polar surface area (TPSA) is 142 Å².